The van der Waals surface area contributed by atoms with Crippen LogP contribution in [0.1, 0.15) is 0 Å². The molecule has 0 atom stereocenters. The monoisotopic (exact) mass is 504 g/mol. The van der Waals surface area contributed by atoms with Crippen LogP contribution in [-0.4, -0.2) is 0 Å². The van der Waals surface area contributed by atoms with Gasteiger partial charge in [0.2, 0.25) is 0 Å². The summed E-state index contributed by atoms with van der Waals surface area (Å²) in [5, 5.41) is 0. The molecule has 0 aliphatic carbocycles. The second-order valence-electron chi connectivity index (χ2n) is 0. The molecule has 0 saturated carbocycles. The molecular weight excluding hydrogens is 501 g/mol. The summed E-state index contributed by atoms with van der Waals surface area (Å²) in [5.74, 6) is 0. The number of halogens is 6. The van der Waals surface area contributed by atoms with Gasteiger partial charge in [0.25, 0.3) is 0 Å². The first-order valence-electron chi connectivity index (χ1n) is 0. The molecule has 8 N–H and O–H groups in total. The molecule has 0 spiro atoms. The van der Waals surface area contributed by atoms with Crippen molar-refractivity contribution in [3.8, 4) is 0 Å². The van der Waals surface area contributed by atoms with Crippen molar-refractivity contribution >= 4 is 0 Å². The van der Waals surface area contributed by atoms with Crippen molar-refractivity contribution in [2.75, 3.05) is 0 Å². The summed E-state index contributed by atoms with van der Waals surface area (Å²) in [6.07, 6.45) is 0. The zero-order valence-corrected chi connectivity index (χ0v) is 13.8. The Hall–Kier alpha value is 3.27. The molecule has 2 nitrogen and oxygen atoms in total. The van der Waals surface area contributed by atoms with Crippen LogP contribution in [0.3, 0.4) is 0 Å². The molecule has 0 unspecified atom stereocenters. The number of hydrogen-bond donors (Lipinski definition) is 2. The van der Waals surface area contributed by atoms with Crippen LogP contribution in [0.15, 0.2) is 0 Å². The van der Waals surface area contributed by atoms with E-state index in [-0.39, 0.29) is 135 Å². The van der Waals surface area contributed by atoms with Crippen LogP contribution in [0.25, 0.3) is 0 Å². The molecule has 0 saturated heterocycles. The normalized spacial score (nSPS) is 0. The first-order valence-corrected chi connectivity index (χ1v) is 0. The fraction of sp³-hybridized carbons (Fsp3) is 0. The molecule has 0 aromatic carbocycles. The zero-order valence-electron chi connectivity index (χ0n) is 4.87. The molecule has 10 heavy (non-hydrogen) atoms. The Labute approximate surface area is 133 Å². The van der Waals surface area contributed by atoms with E-state index in [0.717, 1.165) is 0 Å². The van der Waals surface area contributed by atoms with E-state index in [0.29, 0.717) is 0 Å². The van der Waals surface area contributed by atoms with Gasteiger partial charge in [-0.15, -0.1) is 0 Å². The Kier molecular flexibility index (Phi) is 2730. The zero-order chi connectivity index (χ0) is 0. The van der Waals surface area contributed by atoms with Crippen LogP contribution in [0, 0.1) is 0 Å². The van der Waals surface area contributed by atoms with Crippen molar-refractivity contribution in [1.82, 2.24) is 12.3 Å². The number of hydrogen-bond acceptors (Lipinski definition) is 0. The topological polar surface area (TPSA) is 73.0 Å². The third-order valence-electron chi connectivity index (χ3n) is 0. The van der Waals surface area contributed by atoms with Crippen molar-refractivity contribution in [2.45, 2.75) is 0 Å². The van der Waals surface area contributed by atoms with Crippen LogP contribution in [-0.2, 0) is 34.1 Å². The van der Waals surface area contributed by atoms with E-state index in [4.69, 9.17) is 0 Å². The molecule has 0 fully saturated rings. The van der Waals surface area contributed by atoms with Crippen LogP contribution in [0.4, 0.5) is 0 Å². The SMILES string of the molecule is [Br-].[Br-].[Br-].[Cl-].[Cl-].[Cl-].[Cu+2].[Cu+2].[NH4+].[NH4+]. The van der Waals surface area contributed by atoms with Gasteiger partial charge in [0, 0.05) is 0 Å². The Morgan fingerprint density at radius 1 is 0.400 bits per heavy atom. The first-order chi connectivity index (χ1) is 0. The van der Waals surface area contributed by atoms with Crippen LogP contribution < -0.4 is 100 Å². The molecule has 0 aromatic heterocycles. The van der Waals surface area contributed by atoms with Gasteiger partial charge < -0.3 is 100 Å². The van der Waals surface area contributed by atoms with Crippen molar-refractivity contribution in [3.05, 3.63) is 0 Å². The molecule has 0 heterocycles. The van der Waals surface area contributed by atoms with E-state index in [9.17, 15) is 0 Å². The van der Waals surface area contributed by atoms with Gasteiger partial charge in [-0.3, -0.25) is 0 Å². The predicted octanol–water partition coefficient (Wildman–Crippen LogP) is -17.2. The smallest absolute Gasteiger partial charge is 1.00 e. The van der Waals surface area contributed by atoms with Crippen molar-refractivity contribution in [3.63, 3.8) is 0 Å². The Balaban J connectivity index is 0. The molecule has 0 bridgehead atoms. The van der Waals surface area contributed by atoms with Gasteiger partial charge in [-0.2, -0.15) is 0 Å². The second kappa shape index (κ2) is 146. The van der Waals surface area contributed by atoms with Gasteiger partial charge in [0.1, 0.15) is 0 Å². The maximum Gasteiger partial charge on any atom is 2.00 e. The number of quaternary nitrogens is 2. The quantitative estimate of drug-likeness (QED) is 0.305. The minimum atomic E-state index is 0. The standard InChI is InChI=1S/3BrH.3ClH.2Cu.2H3N/h6*1H;;;2*1H3/q;;;;;;2*+2;;/p-4. The van der Waals surface area contributed by atoms with Gasteiger partial charge >= 0.3 is 34.1 Å². The molecule has 82 valence electrons. The summed E-state index contributed by atoms with van der Waals surface area (Å²) in [5.41, 5.74) is 0. The summed E-state index contributed by atoms with van der Waals surface area (Å²) >= 11 is 0. The molecule has 0 aliphatic rings. The van der Waals surface area contributed by atoms with Gasteiger partial charge in [-0.25, -0.2) is 0 Å². The molecule has 10 heteroatoms. The Morgan fingerprint density at radius 2 is 0.400 bits per heavy atom. The third kappa shape index (κ3) is 111. The predicted molar refractivity (Wildman–Crippen MR) is 12.0 cm³/mol. The summed E-state index contributed by atoms with van der Waals surface area (Å²) in [4.78, 5) is 0. The van der Waals surface area contributed by atoms with Crippen LogP contribution in [0.2, 0.25) is 0 Å². The summed E-state index contributed by atoms with van der Waals surface area (Å²) in [6.45, 7) is 0. The maximum atomic E-state index is 0. The first kappa shape index (κ1) is 187. The van der Waals surface area contributed by atoms with E-state index in [1.54, 1.807) is 0 Å². The summed E-state index contributed by atoms with van der Waals surface area (Å²) in [6, 6.07) is 0. The van der Waals surface area contributed by atoms with E-state index in [2.05, 4.69) is 0 Å². The average Bonchev–Trinajstić information content (AvgIpc) is 0. The van der Waals surface area contributed by atoms with Crippen molar-refractivity contribution < 1.29 is 122 Å². The van der Waals surface area contributed by atoms with E-state index in [1.165, 1.54) is 0 Å². The fourth-order valence-electron chi connectivity index (χ4n) is 0. The molecule has 0 rings (SSSR count). The molecule has 0 amide bonds. The largest absolute Gasteiger partial charge is 2.00 e. The van der Waals surface area contributed by atoms with E-state index in [1.807, 2.05) is 0 Å². The van der Waals surface area contributed by atoms with E-state index < -0.39 is 0 Å². The molecular formula is H8Br3Cl3Cu2N2. The van der Waals surface area contributed by atoms with E-state index >= 15 is 0 Å². The molecule has 2 radical (unpaired) electrons. The Morgan fingerprint density at radius 3 is 0.400 bits per heavy atom. The minimum absolute atomic E-state index is 0. The summed E-state index contributed by atoms with van der Waals surface area (Å²) < 4.78 is 0. The third-order valence-corrected chi connectivity index (χ3v) is 0. The van der Waals surface area contributed by atoms with Crippen molar-refractivity contribution in [2.24, 2.45) is 0 Å². The molecule has 0 aliphatic heterocycles. The van der Waals surface area contributed by atoms with Crippen LogP contribution >= 0.6 is 0 Å². The van der Waals surface area contributed by atoms with Crippen molar-refractivity contribution in [1.29, 1.82) is 0 Å². The average molecular weight is 509 g/mol. The number of rotatable bonds is 0. The van der Waals surface area contributed by atoms with Crippen LogP contribution in [0.5, 0.6) is 0 Å². The van der Waals surface area contributed by atoms with Gasteiger partial charge in [-0.05, 0) is 0 Å². The van der Waals surface area contributed by atoms with Gasteiger partial charge in [0.05, 0.1) is 0 Å². The van der Waals surface area contributed by atoms with Gasteiger partial charge in [-0.1, -0.05) is 0 Å². The van der Waals surface area contributed by atoms with Gasteiger partial charge in [0.15, 0.2) is 0 Å². The second-order valence-corrected chi connectivity index (χ2v) is 0. The fourth-order valence-corrected chi connectivity index (χ4v) is 0. The minimum Gasteiger partial charge on any atom is -1.00 e. The maximum absolute atomic E-state index is 0. The molecule has 0 aromatic rings. The Bertz CT molecular complexity index is 19.7. The summed E-state index contributed by atoms with van der Waals surface area (Å²) in [7, 11) is 0.